The van der Waals surface area contributed by atoms with Crippen LogP contribution >= 0.6 is 0 Å². The van der Waals surface area contributed by atoms with E-state index in [1.807, 2.05) is 19.9 Å². The molecule has 7 nitrogen and oxygen atoms in total. The van der Waals surface area contributed by atoms with Crippen LogP contribution in [0.5, 0.6) is 5.75 Å². The number of nitrogens with zero attached hydrogens (tertiary/aromatic N) is 5. The lowest BCUT2D eigenvalue weighted by atomic mass is 10.0. The Hall–Kier alpha value is -3.65. The SMILES string of the molecule is C[C@@H]1CN(c2cc(=O)n(C)c3ccc(C#N)nc23)[C@@H](C)CN1Cc1ccc(OC(F)(F)F)c(F)c1. The van der Waals surface area contributed by atoms with Gasteiger partial charge in [-0.05, 0) is 43.7 Å². The van der Waals surface area contributed by atoms with Crippen LogP contribution in [0, 0.1) is 17.1 Å². The molecule has 0 spiro atoms. The van der Waals surface area contributed by atoms with Gasteiger partial charge in [-0.1, -0.05) is 6.07 Å². The zero-order valence-electron chi connectivity index (χ0n) is 19.3. The molecular weight excluding hydrogens is 466 g/mol. The maximum absolute atomic E-state index is 14.2. The van der Waals surface area contributed by atoms with E-state index in [2.05, 4.69) is 19.5 Å². The number of aryl methyl sites for hydroxylation is 1. The summed E-state index contributed by atoms with van der Waals surface area (Å²) in [5, 5.41) is 9.29. The van der Waals surface area contributed by atoms with E-state index in [1.165, 1.54) is 16.7 Å². The van der Waals surface area contributed by atoms with E-state index in [0.717, 1.165) is 12.1 Å². The van der Waals surface area contributed by atoms with E-state index in [4.69, 9.17) is 0 Å². The fraction of sp³-hybridized carbons (Fsp3) is 0.375. The summed E-state index contributed by atoms with van der Waals surface area (Å²) in [5.41, 5.74) is 2.38. The lowest BCUT2D eigenvalue weighted by Gasteiger charge is -2.45. The number of anilines is 1. The van der Waals surface area contributed by atoms with Gasteiger partial charge in [0.2, 0.25) is 0 Å². The molecule has 3 heterocycles. The van der Waals surface area contributed by atoms with Gasteiger partial charge in [0.1, 0.15) is 17.3 Å². The molecule has 35 heavy (non-hydrogen) atoms. The van der Waals surface area contributed by atoms with Crippen LogP contribution in [-0.4, -0.2) is 46.0 Å². The van der Waals surface area contributed by atoms with Gasteiger partial charge < -0.3 is 14.2 Å². The van der Waals surface area contributed by atoms with Gasteiger partial charge in [-0.15, -0.1) is 13.2 Å². The Morgan fingerprint density at radius 3 is 2.54 bits per heavy atom. The Balaban J connectivity index is 1.58. The summed E-state index contributed by atoms with van der Waals surface area (Å²) in [6, 6.07) is 10.2. The number of fused-ring (bicyclic) bond motifs is 1. The van der Waals surface area contributed by atoms with Gasteiger partial charge >= 0.3 is 6.36 Å². The molecule has 1 aliphatic heterocycles. The van der Waals surface area contributed by atoms with Gasteiger partial charge in [0.15, 0.2) is 11.6 Å². The standard InChI is InChI=1S/C24H23F4N5O2/c1-14-12-33(20-9-22(34)31(3)19-6-5-17(10-29)30-23(19)20)15(2)11-32(14)13-16-4-7-21(18(25)8-16)35-24(26,27)28/h4-9,14-15H,11-13H2,1-3H3/t14-,15+/m1/s1. The number of pyridine rings is 2. The average molecular weight is 489 g/mol. The fourth-order valence-corrected chi connectivity index (χ4v) is 4.43. The summed E-state index contributed by atoms with van der Waals surface area (Å²) in [6.45, 7) is 5.37. The Morgan fingerprint density at radius 1 is 1.14 bits per heavy atom. The molecule has 0 amide bonds. The van der Waals surface area contributed by atoms with Gasteiger partial charge in [0, 0.05) is 44.8 Å². The Labute approximate surface area is 198 Å². The number of hydrogen-bond acceptors (Lipinski definition) is 6. The molecule has 0 radical (unpaired) electrons. The molecule has 3 aromatic rings. The molecule has 11 heteroatoms. The zero-order valence-corrected chi connectivity index (χ0v) is 19.3. The number of nitriles is 1. The van der Waals surface area contributed by atoms with Crippen molar-refractivity contribution in [2.75, 3.05) is 18.0 Å². The predicted octanol–water partition coefficient (Wildman–Crippen LogP) is 3.94. The third-order valence-electron chi connectivity index (χ3n) is 6.22. The summed E-state index contributed by atoms with van der Waals surface area (Å²) in [6.07, 6.45) is -4.96. The molecular formula is C24H23F4N5O2. The maximum atomic E-state index is 14.2. The largest absolute Gasteiger partial charge is 0.573 e. The van der Waals surface area contributed by atoms with Crippen molar-refractivity contribution in [1.82, 2.24) is 14.5 Å². The minimum absolute atomic E-state index is 0.0291. The molecule has 0 bridgehead atoms. The Bertz CT molecular complexity index is 1360. The van der Waals surface area contributed by atoms with Gasteiger partial charge in [0.25, 0.3) is 5.56 Å². The summed E-state index contributed by atoms with van der Waals surface area (Å²) < 4.78 is 56.6. The van der Waals surface area contributed by atoms with Crippen LogP contribution in [0.4, 0.5) is 23.2 Å². The van der Waals surface area contributed by atoms with Crippen LogP contribution < -0.4 is 15.2 Å². The number of hydrogen-bond donors (Lipinski definition) is 0. The minimum Gasteiger partial charge on any atom is -0.403 e. The number of ether oxygens (including phenoxy) is 1. The number of rotatable bonds is 4. The predicted molar refractivity (Wildman–Crippen MR) is 121 cm³/mol. The Morgan fingerprint density at radius 2 is 1.89 bits per heavy atom. The van der Waals surface area contributed by atoms with Crippen molar-refractivity contribution in [3.63, 3.8) is 0 Å². The molecule has 1 aromatic carbocycles. The van der Waals surface area contributed by atoms with Gasteiger partial charge in [-0.2, -0.15) is 5.26 Å². The van der Waals surface area contributed by atoms with Crippen LogP contribution in [0.3, 0.4) is 0 Å². The van der Waals surface area contributed by atoms with Crippen LogP contribution in [0.25, 0.3) is 11.0 Å². The van der Waals surface area contributed by atoms with Gasteiger partial charge in [-0.3, -0.25) is 9.69 Å². The summed E-state index contributed by atoms with van der Waals surface area (Å²) >= 11 is 0. The van der Waals surface area contributed by atoms with Crippen molar-refractivity contribution < 1.29 is 22.3 Å². The van der Waals surface area contributed by atoms with Crippen LogP contribution in [0.1, 0.15) is 25.1 Å². The number of benzene rings is 1. The first-order valence-electron chi connectivity index (χ1n) is 10.9. The molecule has 0 unspecified atom stereocenters. The van der Waals surface area contributed by atoms with Crippen molar-refractivity contribution in [1.29, 1.82) is 5.26 Å². The quantitative estimate of drug-likeness (QED) is 0.517. The van der Waals surface area contributed by atoms with Crippen molar-refractivity contribution in [2.24, 2.45) is 7.05 Å². The first kappa shape index (κ1) is 24.5. The third-order valence-corrected chi connectivity index (χ3v) is 6.22. The van der Waals surface area contributed by atoms with Crippen LogP contribution in [-0.2, 0) is 13.6 Å². The highest BCUT2D eigenvalue weighted by Crippen LogP contribution is 2.30. The van der Waals surface area contributed by atoms with E-state index in [1.54, 1.807) is 19.2 Å². The highest BCUT2D eigenvalue weighted by molar-refractivity contribution is 5.89. The number of piperazine rings is 1. The summed E-state index contributed by atoms with van der Waals surface area (Å²) in [4.78, 5) is 21.2. The first-order chi connectivity index (χ1) is 16.5. The van der Waals surface area contributed by atoms with Crippen molar-refractivity contribution in [3.8, 4) is 11.8 Å². The molecule has 1 fully saturated rings. The van der Waals surface area contributed by atoms with E-state index in [9.17, 15) is 27.6 Å². The number of alkyl halides is 3. The molecule has 1 aliphatic rings. The summed E-state index contributed by atoms with van der Waals surface area (Å²) in [5.74, 6) is -1.95. The highest BCUT2D eigenvalue weighted by atomic mass is 19.4. The van der Waals surface area contributed by atoms with Gasteiger partial charge in [-0.25, -0.2) is 9.37 Å². The van der Waals surface area contributed by atoms with E-state index >= 15 is 0 Å². The monoisotopic (exact) mass is 489 g/mol. The van der Waals surface area contributed by atoms with E-state index in [-0.39, 0.29) is 23.3 Å². The smallest absolute Gasteiger partial charge is 0.403 e. The molecule has 2 atom stereocenters. The first-order valence-corrected chi connectivity index (χ1v) is 10.9. The molecule has 4 rings (SSSR count). The van der Waals surface area contributed by atoms with Crippen molar-refractivity contribution >= 4 is 16.7 Å². The molecule has 184 valence electrons. The molecule has 2 aromatic heterocycles. The second-order valence-electron chi connectivity index (χ2n) is 8.70. The topological polar surface area (TPSA) is 74.4 Å². The number of aromatic nitrogens is 2. The highest BCUT2D eigenvalue weighted by Gasteiger charge is 2.33. The van der Waals surface area contributed by atoms with E-state index < -0.39 is 17.9 Å². The molecule has 0 saturated carbocycles. The molecule has 0 aliphatic carbocycles. The zero-order chi connectivity index (χ0) is 25.5. The number of halogens is 4. The van der Waals surface area contributed by atoms with Crippen LogP contribution in [0.15, 0.2) is 41.2 Å². The lowest BCUT2D eigenvalue weighted by Crippen LogP contribution is -2.56. The second kappa shape index (κ2) is 9.19. The van der Waals surface area contributed by atoms with Crippen molar-refractivity contribution in [2.45, 2.75) is 38.8 Å². The Kier molecular flexibility index (Phi) is 6.42. The fourth-order valence-electron chi connectivity index (χ4n) is 4.43. The van der Waals surface area contributed by atoms with E-state index in [0.29, 0.717) is 41.9 Å². The van der Waals surface area contributed by atoms with Crippen molar-refractivity contribution in [3.05, 3.63) is 63.8 Å². The van der Waals surface area contributed by atoms with Gasteiger partial charge in [0.05, 0.1) is 11.2 Å². The third kappa shape index (κ3) is 5.07. The lowest BCUT2D eigenvalue weighted by molar-refractivity contribution is -0.275. The molecule has 0 N–H and O–H groups in total. The minimum atomic E-state index is -4.96. The summed E-state index contributed by atoms with van der Waals surface area (Å²) in [7, 11) is 1.65. The normalized spacial score (nSPS) is 19.1. The maximum Gasteiger partial charge on any atom is 0.573 e. The average Bonchev–Trinajstić information content (AvgIpc) is 2.79. The van der Waals surface area contributed by atoms with Crippen LogP contribution in [0.2, 0.25) is 0 Å². The molecule has 1 saturated heterocycles. The second-order valence-corrected chi connectivity index (χ2v) is 8.70.